The Kier molecular flexibility index (Phi) is 4.31. The van der Waals surface area contributed by atoms with Crippen LogP contribution in [-0.4, -0.2) is 41.2 Å². The molecular formula is C23H24N2O5. The molecule has 5 aliphatic rings. The van der Waals surface area contributed by atoms with Gasteiger partial charge in [0.15, 0.2) is 0 Å². The molecule has 0 aromatic heterocycles. The van der Waals surface area contributed by atoms with Crippen molar-refractivity contribution in [2.45, 2.75) is 26.3 Å². The molecule has 1 saturated heterocycles. The lowest BCUT2D eigenvalue weighted by molar-refractivity contribution is -0.146. The van der Waals surface area contributed by atoms with E-state index in [9.17, 15) is 19.2 Å². The van der Waals surface area contributed by atoms with E-state index in [1.54, 1.807) is 38.1 Å². The standard InChI is InChI=1S/C23H24N2O5/c1-3-30-23(29)12-4-6-13(7-5-12)24-20(26)11(2)25-21(27)18-14-8-9-15(17-10-16(14)17)19(18)22(25)28/h4-9,11,14-19H,3,10H2,1-2H3,(H,24,26)/t11-,14+,15+,16+,17+,18-,19-/m0/s1. The van der Waals surface area contributed by atoms with Crippen molar-refractivity contribution in [3.8, 4) is 0 Å². The quantitative estimate of drug-likeness (QED) is 0.458. The van der Waals surface area contributed by atoms with E-state index >= 15 is 0 Å². The number of amides is 3. The summed E-state index contributed by atoms with van der Waals surface area (Å²) in [5, 5.41) is 2.74. The van der Waals surface area contributed by atoms with E-state index in [0.717, 1.165) is 6.42 Å². The highest BCUT2D eigenvalue weighted by Gasteiger charge is 2.67. The first kappa shape index (κ1) is 19.0. The summed E-state index contributed by atoms with van der Waals surface area (Å²) in [4.78, 5) is 52.0. The summed E-state index contributed by atoms with van der Waals surface area (Å²) in [5.41, 5.74) is 0.873. The highest BCUT2D eigenvalue weighted by atomic mass is 16.5. The van der Waals surface area contributed by atoms with Crippen LogP contribution in [0.3, 0.4) is 0 Å². The lowest BCUT2D eigenvalue weighted by Gasteiger charge is -2.37. The molecule has 30 heavy (non-hydrogen) atoms. The number of ether oxygens (including phenoxy) is 1. The zero-order valence-corrected chi connectivity index (χ0v) is 16.9. The van der Waals surface area contributed by atoms with Gasteiger partial charge in [-0.15, -0.1) is 0 Å². The van der Waals surface area contributed by atoms with Crippen LogP contribution in [-0.2, 0) is 19.1 Å². The van der Waals surface area contributed by atoms with Crippen molar-refractivity contribution in [3.63, 3.8) is 0 Å². The summed E-state index contributed by atoms with van der Waals surface area (Å²) in [6.07, 6.45) is 5.34. The maximum absolute atomic E-state index is 13.1. The first-order valence-electron chi connectivity index (χ1n) is 10.6. The van der Waals surface area contributed by atoms with Crippen LogP contribution in [0.2, 0.25) is 0 Å². The van der Waals surface area contributed by atoms with Crippen molar-refractivity contribution in [2.24, 2.45) is 35.5 Å². The molecule has 1 aromatic rings. The van der Waals surface area contributed by atoms with E-state index in [1.807, 2.05) is 0 Å². The Balaban J connectivity index is 1.29. The predicted octanol–water partition coefficient (Wildman–Crippen LogP) is 2.24. The van der Waals surface area contributed by atoms with Gasteiger partial charge in [0, 0.05) is 5.69 Å². The topological polar surface area (TPSA) is 92.8 Å². The Morgan fingerprint density at radius 2 is 1.63 bits per heavy atom. The summed E-state index contributed by atoms with van der Waals surface area (Å²) < 4.78 is 4.94. The summed E-state index contributed by atoms with van der Waals surface area (Å²) in [6.45, 7) is 3.61. The van der Waals surface area contributed by atoms with Gasteiger partial charge in [-0.05, 0) is 68.2 Å². The second kappa shape index (κ2) is 6.79. The van der Waals surface area contributed by atoms with Crippen molar-refractivity contribution in [1.29, 1.82) is 0 Å². The summed E-state index contributed by atoms with van der Waals surface area (Å²) in [6, 6.07) is 5.43. The van der Waals surface area contributed by atoms with Gasteiger partial charge in [0.1, 0.15) is 6.04 Å². The van der Waals surface area contributed by atoms with Crippen LogP contribution in [0.15, 0.2) is 36.4 Å². The summed E-state index contributed by atoms with van der Waals surface area (Å²) in [5.74, 6) is -0.574. The van der Waals surface area contributed by atoms with Gasteiger partial charge in [0.05, 0.1) is 24.0 Å². The van der Waals surface area contributed by atoms with Gasteiger partial charge in [-0.2, -0.15) is 0 Å². The van der Waals surface area contributed by atoms with Crippen molar-refractivity contribution in [1.82, 2.24) is 4.90 Å². The van der Waals surface area contributed by atoms with Crippen molar-refractivity contribution < 1.29 is 23.9 Å². The van der Waals surface area contributed by atoms with Crippen molar-refractivity contribution in [2.75, 3.05) is 11.9 Å². The molecule has 7 atom stereocenters. The zero-order chi connectivity index (χ0) is 21.2. The molecule has 156 valence electrons. The minimum absolute atomic E-state index is 0.136. The molecule has 1 heterocycles. The van der Waals surface area contributed by atoms with Gasteiger partial charge in [-0.3, -0.25) is 19.3 Å². The van der Waals surface area contributed by atoms with Crippen molar-refractivity contribution in [3.05, 3.63) is 42.0 Å². The molecule has 0 radical (unpaired) electrons. The number of rotatable bonds is 5. The minimum atomic E-state index is -0.893. The molecule has 1 N–H and O–H groups in total. The number of nitrogens with one attached hydrogen (secondary N) is 1. The molecular weight excluding hydrogens is 384 g/mol. The van der Waals surface area contributed by atoms with E-state index in [2.05, 4.69) is 17.5 Å². The highest BCUT2D eigenvalue weighted by molar-refractivity contribution is 6.10. The minimum Gasteiger partial charge on any atom is -0.462 e. The summed E-state index contributed by atoms with van der Waals surface area (Å²) >= 11 is 0. The predicted molar refractivity (Wildman–Crippen MR) is 107 cm³/mol. The SMILES string of the molecule is CCOC(=O)c1ccc(NC(=O)[C@H](C)N2C(=O)[C@H]3[C@@H]4C=C[C@H]([C@H]5C[C@H]45)[C@@H]3C2=O)cc1. The first-order chi connectivity index (χ1) is 14.4. The average molecular weight is 408 g/mol. The van der Waals surface area contributed by atoms with E-state index in [0.29, 0.717) is 23.1 Å². The first-order valence-corrected chi connectivity index (χ1v) is 10.6. The van der Waals surface area contributed by atoms with E-state index < -0.39 is 17.9 Å². The maximum Gasteiger partial charge on any atom is 0.338 e. The van der Waals surface area contributed by atoms with Crippen molar-refractivity contribution >= 4 is 29.4 Å². The van der Waals surface area contributed by atoms with Gasteiger partial charge in [-0.1, -0.05) is 12.2 Å². The fourth-order valence-corrected chi connectivity index (χ4v) is 5.63. The molecule has 3 amide bonds. The van der Waals surface area contributed by atoms with Crippen LogP contribution in [0.4, 0.5) is 5.69 Å². The van der Waals surface area contributed by atoms with Crippen LogP contribution >= 0.6 is 0 Å². The maximum atomic E-state index is 13.1. The number of benzene rings is 1. The Hall–Kier alpha value is -2.96. The number of hydrogen-bond donors (Lipinski definition) is 1. The second-order valence-electron chi connectivity index (χ2n) is 8.66. The molecule has 4 aliphatic carbocycles. The lowest BCUT2D eigenvalue weighted by atomic mass is 9.63. The van der Waals surface area contributed by atoms with Crippen LogP contribution in [0.5, 0.6) is 0 Å². The number of hydrogen-bond acceptors (Lipinski definition) is 5. The van der Waals surface area contributed by atoms with Gasteiger partial charge < -0.3 is 10.1 Å². The molecule has 1 aromatic carbocycles. The van der Waals surface area contributed by atoms with E-state index in [-0.39, 0.29) is 42.1 Å². The number of imide groups is 1. The number of allylic oxidation sites excluding steroid dienone is 2. The van der Waals surface area contributed by atoms with E-state index in [4.69, 9.17) is 4.74 Å². The van der Waals surface area contributed by atoms with Crippen LogP contribution in [0.25, 0.3) is 0 Å². The number of esters is 1. The number of carbonyl (C=O) groups is 4. The van der Waals surface area contributed by atoms with Crippen LogP contribution < -0.4 is 5.32 Å². The third-order valence-electron chi connectivity index (χ3n) is 7.13. The van der Waals surface area contributed by atoms with Crippen LogP contribution in [0.1, 0.15) is 30.6 Å². The summed E-state index contributed by atoms with van der Waals surface area (Å²) in [7, 11) is 0. The second-order valence-corrected chi connectivity index (χ2v) is 8.66. The van der Waals surface area contributed by atoms with E-state index in [1.165, 1.54) is 4.90 Å². The smallest absolute Gasteiger partial charge is 0.338 e. The third-order valence-corrected chi connectivity index (χ3v) is 7.13. The number of likely N-dealkylation sites (tertiary alicyclic amines) is 1. The number of nitrogens with zero attached hydrogens (tertiary/aromatic N) is 1. The highest BCUT2D eigenvalue weighted by Crippen LogP contribution is 2.65. The fourth-order valence-electron chi connectivity index (χ4n) is 5.63. The Bertz CT molecular complexity index is 932. The monoisotopic (exact) mass is 408 g/mol. The molecule has 1 aliphatic heterocycles. The number of carbonyl (C=O) groups excluding carboxylic acids is 4. The Labute approximate surface area is 174 Å². The van der Waals surface area contributed by atoms with Gasteiger partial charge in [0.25, 0.3) is 0 Å². The molecule has 3 fully saturated rings. The molecule has 2 saturated carbocycles. The fraction of sp³-hybridized carbons (Fsp3) is 0.478. The molecule has 2 bridgehead atoms. The van der Waals surface area contributed by atoms with Gasteiger partial charge in [0.2, 0.25) is 17.7 Å². The Morgan fingerprint density at radius 1 is 1.07 bits per heavy atom. The normalized spacial score (nSPS) is 33.7. The lowest BCUT2D eigenvalue weighted by Crippen LogP contribution is -2.46. The van der Waals surface area contributed by atoms with Crippen LogP contribution in [0, 0.1) is 35.5 Å². The molecule has 7 heteroatoms. The Morgan fingerprint density at radius 3 is 2.17 bits per heavy atom. The average Bonchev–Trinajstić information content (AvgIpc) is 3.52. The van der Waals surface area contributed by atoms with Gasteiger partial charge in [-0.25, -0.2) is 4.79 Å². The number of anilines is 1. The zero-order valence-electron chi connectivity index (χ0n) is 16.9. The molecule has 7 nitrogen and oxygen atoms in total. The molecule has 0 unspecified atom stereocenters. The third kappa shape index (κ3) is 2.71. The van der Waals surface area contributed by atoms with Gasteiger partial charge >= 0.3 is 5.97 Å². The molecule has 6 rings (SSSR count). The largest absolute Gasteiger partial charge is 0.462 e. The molecule has 0 spiro atoms.